The molecule has 0 bridgehead atoms. The summed E-state index contributed by atoms with van der Waals surface area (Å²) in [7, 11) is 0. The van der Waals surface area contributed by atoms with Crippen LogP contribution >= 0.6 is 0 Å². The van der Waals surface area contributed by atoms with Gasteiger partial charge in [0, 0.05) is 19.5 Å². The number of carbonyl (C=O) groups is 1. The van der Waals surface area contributed by atoms with Crippen LogP contribution in [0, 0.1) is 0 Å². The molecule has 1 amide bonds. The zero-order valence-electron chi connectivity index (χ0n) is 11.3. The minimum atomic E-state index is -0.348. The molecule has 4 nitrogen and oxygen atoms in total. The number of para-hydroxylation sites is 1. The molecule has 1 aliphatic heterocycles. The number of nitrogens with zero attached hydrogens (tertiary/aromatic N) is 1. The molecule has 0 radical (unpaired) electrons. The standard InChI is InChI=1S/C15H21NO3/c1-2-19-14-6-4-3-5-12(14)7-8-15(18)16-10-9-13(17)11-16/h3-6,13,17H,2,7-11H2,1H3/t13-/m0/s1. The first-order valence-corrected chi connectivity index (χ1v) is 6.87. The first-order chi connectivity index (χ1) is 9.20. The van der Waals surface area contributed by atoms with Gasteiger partial charge in [-0.15, -0.1) is 0 Å². The van der Waals surface area contributed by atoms with Crippen molar-refractivity contribution < 1.29 is 14.6 Å². The number of aryl methyl sites for hydroxylation is 1. The van der Waals surface area contributed by atoms with E-state index in [1.165, 1.54) is 0 Å². The summed E-state index contributed by atoms with van der Waals surface area (Å²) in [6.07, 6.45) is 1.50. The van der Waals surface area contributed by atoms with E-state index in [0.717, 1.165) is 11.3 Å². The number of benzene rings is 1. The minimum Gasteiger partial charge on any atom is -0.494 e. The van der Waals surface area contributed by atoms with Crippen LogP contribution in [0.1, 0.15) is 25.3 Å². The van der Waals surface area contributed by atoms with Crippen LogP contribution in [0.15, 0.2) is 24.3 Å². The Labute approximate surface area is 114 Å². The van der Waals surface area contributed by atoms with Gasteiger partial charge in [-0.25, -0.2) is 0 Å². The minimum absolute atomic E-state index is 0.114. The van der Waals surface area contributed by atoms with Crippen molar-refractivity contribution in [1.82, 2.24) is 4.90 Å². The van der Waals surface area contributed by atoms with Crippen molar-refractivity contribution in [3.8, 4) is 5.75 Å². The van der Waals surface area contributed by atoms with Crippen LogP contribution < -0.4 is 4.74 Å². The molecule has 1 aliphatic rings. The molecule has 0 unspecified atom stereocenters. The zero-order valence-corrected chi connectivity index (χ0v) is 11.3. The number of hydrogen-bond acceptors (Lipinski definition) is 3. The summed E-state index contributed by atoms with van der Waals surface area (Å²) in [4.78, 5) is 13.8. The van der Waals surface area contributed by atoms with Gasteiger partial charge in [0.05, 0.1) is 12.7 Å². The summed E-state index contributed by atoms with van der Waals surface area (Å²) in [5.41, 5.74) is 1.07. The maximum Gasteiger partial charge on any atom is 0.222 e. The lowest BCUT2D eigenvalue weighted by Gasteiger charge is -2.16. The lowest BCUT2D eigenvalue weighted by atomic mass is 10.1. The Balaban J connectivity index is 1.89. The number of ether oxygens (including phenoxy) is 1. The topological polar surface area (TPSA) is 49.8 Å². The largest absolute Gasteiger partial charge is 0.494 e. The second kappa shape index (κ2) is 6.57. The maximum atomic E-state index is 12.0. The molecule has 4 heteroatoms. The van der Waals surface area contributed by atoms with Gasteiger partial charge in [-0.1, -0.05) is 18.2 Å². The summed E-state index contributed by atoms with van der Waals surface area (Å²) in [6, 6.07) is 7.83. The average Bonchev–Trinajstić information content (AvgIpc) is 2.84. The second-order valence-electron chi connectivity index (χ2n) is 4.82. The van der Waals surface area contributed by atoms with Gasteiger partial charge in [0.2, 0.25) is 5.91 Å². The number of rotatable bonds is 5. The lowest BCUT2D eigenvalue weighted by Crippen LogP contribution is -2.29. The van der Waals surface area contributed by atoms with Gasteiger partial charge in [-0.05, 0) is 31.4 Å². The molecule has 19 heavy (non-hydrogen) atoms. The third-order valence-corrected chi connectivity index (χ3v) is 3.40. The number of aliphatic hydroxyl groups excluding tert-OH is 1. The highest BCUT2D eigenvalue weighted by molar-refractivity contribution is 5.76. The normalized spacial score (nSPS) is 18.6. The molecule has 1 N–H and O–H groups in total. The van der Waals surface area contributed by atoms with Gasteiger partial charge in [0.15, 0.2) is 0 Å². The zero-order chi connectivity index (χ0) is 13.7. The van der Waals surface area contributed by atoms with Crippen LogP contribution in [-0.2, 0) is 11.2 Å². The fourth-order valence-electron chi connectivity index (χ4n) is 2.37. The van der Waals surface area contributed by atoms with E-state index in [1.807, 2.05) is 31.2 Å². The number of amides is 1. The van der Waals surface area contributed by atoms with Gasteiger partial charge < -0.3 is 14.7 Å². The molecular weight excluding hydrogens is 242 g/mol. The molecular formula is C15H21NO3. The van der Waals surface area contributed by atoms with E-state index < -0.39 is 0 Å². The molecule has 0 saturated carbocycles. The highest BCUT2D eigenvalue weighted by Crippen LogP contribution is 2.20. The highest BCUT2D eigenvalue weighted by Gasteiger charge is 2.24. The Kier molecular flexibility index (Phi) is 4.80. The summed E-state index contributed by atoms with van der Waals surface area (Å²) in [5, 5.41) is 9.43. The van der Waals surface area contributed by atoms with E-state index >= 15 is 0 Å². The molecule has 1 fully saturated rings. The Morgan fingerprint density at radius 3 is 2.95 bits per heavy atom. The Morgan fingerprint density at radius 2 is 2.26 bits per heavy atom. The van der Waals surface area contributed by atoms with E-state index in [2.05, 4.69) is 0 Å². The van der Waals surface area contributed by atoms with Crippen molar-refractivity contribution in [3.63, 3.8) is 0 Å². The first kappa shape index (κ1) is 13.9. The molecule has 2 rings (SSSR count). The number of β-amino-alcohol motifs (C(OH)–C–C–N with tert-alkyl or cyclic N) is 1. The predicted octanol–water partition coefficient (Wildman–Crippen LogP) is 1.61. The number of hydrogen-bond donors (Lipinski definition) is 1. The summed E-state index contributed by atoms with van der Waals surface area (Å²) in [6.45, 7) is 3.73. The van der Waals surface area contributed by atoms with Crippen LogP contribution in [0.2, 0.25) is 0 Å². The quantitative estimate of drug-likeness (QED) is 0.878. The van der Waals surface area contributed by atoms with Crippen LogP contribution in [0.3, 0.4) is 0 Å². The first-order valence-electron chi connectivity index (χ1n) is 6.87. The van der Waals surface area contributed by atoms with Crippen LogP contribution in [0.5, 0.6) is 5.75 Å². The third-order valence-electron chi connectivity index (χ3n) is 3.40. The van der Waals surface area contributed by atoms with Crippen LogP contribution in [0.4, 0.5) is 0 Å². The van der Waals surface area contributed by atoms with Gasteiger partial charge in [-0.3, -0.25) is 4.79 Å². The van der Waals surface area contributed by atoms with Gasteiger partial charge >= 0.3 is 0 Å². The smallest absolute Gasteiger partial charge is 0.222 e. The molecule has 0 aliphatic carbocycles. The molecule has 0 spiro atoms. The Hall–Kier alpha value is -1.55. The average molecular weight is 263 g/mol. The monoisotopic (exact) mass is 263 g/mol. The Morgan fingerprint density at radius 1 is 1.47 bits per heavy atom. The number of likely N-dealkylation sites (tertiary alicyclic amines) is 1. The van der Waals surface area contributed by atoms with E-state index in [-0.39, 0.29) is 12.0 Å². The molecule has 0 aromatic heterocycles. The fourth-order valence-corrected chi connectivity index (χ4v) is 2.37. The van der Waals surface area contributed by atoms with E-state index in [9.17, 15) is 9.90 Å². The highest BCUT2D eigenvalue weighted by atomic mass is 16.5. The van der Waals surface area contributed by atoms with Crippen molar-refractivity contribution in [2.45, 2.75) is 32.3 Å². The van der Waals surface area contributed by atoms with Crippen molar-refractivity contribution in [3.05, 3.63) is 29.8 Å². The third kappa shape index (κ3) is 3.70. The fraction of sp³-hybridized carbons (Fsp3) is 0.533. The molecule has 1 saturated heterocycles. The van der Waals surface area contributed by atoms with Gasteiger partial charge in [0.25, 0.3) is 0 Å². The number of carbonyl (C=O) groups excluding carboxylic acids is 1. The van der Waals surface area contributed by atoms with Crippen LogP contribution in [0.25, 0.3) is 0 Å². The maximum absolute atomic E-state index is 12.0. The second-order valence-corrected chi connectivity index (χ2v) is 4.82. The predicted molar refractivity (Wildman–Crippen MR) is 73.1 cm³/mol. The number of aliphatic hydroxyl groups is 1. The molecule has 1 aromatic carbocycles. The molecule has 104 valence electrons. The molecule has 1 aromatic rings. The van der Waals surface area contributed by atoms with Crippen molar-refractivity contribution in [1.29, 1.82) is 0 Å². The molecule has 1 heterocycles. The van der Waals surface area contributed by atoms with Crippen molar-refractivity contribution >= 4 is 5.91 Å². The van der Waals surface area contributed by atoms with Crippen molar-refractivity contribution in [2.24, 2.45) is 0 Å². The summed E-state index contributed by atoms with van der Waals surface area (Å²) in [5.74, 6) is 0.974. The van der Waals surface area contributed by atoms with Crippen molar-refractivity contribution in [2.75, 3.05) is 19.7 Å². The molecule has 1 atom stereocenters. The van der Waals surface area contributed by atoms with Gasteiger partial charge in [0.1, 0.15) is 5.75 Å². The van der Waals surface area contributed by atoms with Crippen LogP contribution in [-0.4, -0.2) is 41.7 Å². The van der Waals surface area contributed by atoms with Gasteiger partial charge in [-0.2, -0.15) is 0 Å². The summed E-state index contributed by atoms with van der Waals surface area (Å²) < 4.78 is 5.55. The Bertz CT molecular complexity index is 433. The lowest BCUT2D eigenvalue weighted by molar-refractivity contribution is -0.130. The van der Waals surface area contributed by atoms with E-state index in [4.69, 9.17) is 4.74 Å². The summed E-state index contributed by atoms with van der Waals surface area (Å²) >= 11 is 0. The van der Waals surface area contributed by atoms with E-state index in [0.29, 0.717) is 39.0 Å². The SMILES string of the molecule is CCOc1ccccc1CCC(=O)N1CC[C@H](O)C1. The van der Waals surface area contributed by atoms with E-state index in [1.54, 1.807) is 4.90 Å².